The highest BCUT2D eigenvalue weighted by Gasteiger charge is 2.40. The predicted octanol–water partition coefficient (Wildman–Crippen LogP) is 0.740. The number of aromatic amines is 1. The molecule has 2 aromatic rings. The molecule has 0 unspecified atom stereocenters. The van der Waals surface area contributed by atoms with Gasteiger partial charge in [0.15, 0.2) is 5.71 Å². The molecule has 5 rings (SSSR count). The molecule has 3 aliphatic rings. The number of hydrogen-bond donors (Lipinski definition) is 1. The third-order valence-electron chi connectivity index (χ3n) is 6.09. The fraction of sp³-hybridized carbons (Fsp3) is 0.526. The molecule has 0 amide bonds. The Hall–Kier alpha value is -1.28. The molecule has 22 heavy (non-hydrogen) atoms. The Kier molecular flexibility index (Phi) is 3.53. The van der Waals surface area contributed by atoms with E-state index in [0.29, 0.717) is 0 Å². The van der Waals surface area contributed by atoms with Gasteiger partial charge in [0.1, 0.15) is 18.8 Å². The van der Waals surface area contributed by atoms with Crippen molar-refractivity contribution < 1.29 is 17.0 Å². The first-order chi connectivity index (χ1) is 10.4. The lowest BCUT2D eigenvalue weighted by molar-refractivity contribution is -0.544. The molecule has 1 N–H and O–H groups in total. The molecule has 1 aromatic heterocycles. The summed E-state index contributed by atoms with van der Waals surface area (Å²) in [6.45, 7) is 2.54. The lowest BCUT2D eigenvalue weighted by atomic mass is 9.73. The third-order valence-corrected chi connectivity index (χ3v) is 6.09. The number of hydrogen-bond acceptors (Lipinski definition) is 0. The summed E-state index contributed by atoms with van der Waals surface area (Å²) in [5.41, 5.74) is 5.98. The smallest absolute Gasteiger partial charge is 0.200 e. The van der Waals surface area contributed by atoms with Gasteiger partial charge in [0.05, 0.1) is 0 Å². The van der Waals surface area contributed by atoms with Crippen LogP contribution in [-0.4, -0.2) is 28.4 Å². The number of aromatic nitrogens is 1. The predicted molar refractivity (Wildman–Crippen MR) is 86.2 cm³/mol. The Morgan fingerprint density at radius 1 is 1.05 bits per heavy atom. The van der Waals surface area contributed by atoms with Crippen molar-refractivity contribution in [2.24, 2.45) is 11.8 Å². The topological polar surface area (TPSA) is 18.8 Å². The Morgan fingerprint density at radius 3 is 2.77 bits per heavy atom. The van der Waals surface area contributed by atoms with E-state index in [2.05, 4.69) is 33.8 Å². The molecule has 0 bridgehead atoms. The average Bonchev–Trinajstić information content (AvgIpc) is 2.92. The first kappa shape index (κ1) is 14.3. The van der Waals surface area contributed by atoms with Crippen LogP contribution in [0, 0.1) is 11.8 Å². The molecule has 116 valence electrons. The first-order valence-corrected chi connectivity index (χ1v) is 8.61. The molecular weight excluding hydrogens is 292 g/mol. The van der Waals surface area contributed by atoms with E-state index < -0.39 is 0 Å². The molecule has 3 heteroatoms. The summed E-state index contributed by atoms with van der Waals surface area (Å²) in [4.78, 5) is 3.73. The number of nitrogens with zero attached hydrogens (tertiary/aromatic N) is 1. The Labute approximate surface area is 138 Å². The van der Waals surface area contributed by atoms with Crippen LogP contribution in [-0.2, 0) is 6.42 Å². The van der Waals surface area contributed by atoms with E-state index in [1.54, 1.807) is 11.3 Å². The number of rotatable bonds is 0. The van der Waals surface area contributed by atoms with Gasteiger partial charge in [0.25, 0.3) is 0 Å². The average molecular weight is 315 g/mol. The molecule has 2 nitrogen and oxygen atoms in total. The third kappa shape index (κ3) is 2.04. The number of halogens is 1. The quantitative estimate of drug-likeness (QED) is 0.692. The molecule has 1 saturated carbocycles. The van der Waals surface area contributed by atoms with Crippen LogP contribution in [0.3, 0.4) is 0 Å². The summed E-state index contributed by atoms with van der Waals surface area (Å²) >= 11 is 0. The molecule has 2 atom stereocenters. The van der Waals surface area contributed by atoms with Crippen molar-refractivity contribution in [3.05, 3.63) is 35.5 Å². The molecule has 3 heterocycles. The SMILES string of the molecule is [Cl-].c1ccc2c3c([nH]c2c1)C1=[N+](CC3)C[C@@H]2CCCC[C@H]2C1. The van der Waals surface area contributed by atoms with E-state index in [9.17, 15) is 0 Å². The Balaban J connectivity index is 0.00000125. The van der Waals surface area contributed by atoms with Crippen LogP contribution in [0.1, 0.15) is 43.4 Å². The number of benzene rings is 1. The highest BCUT2D eigenvalue weighted by atomic mass is 35.5. The molecule has 1 fully saturated rings. The second kappa shape index (κ2) is 5.42. The van der Waals surface area contributed by atoms with Gasteiger partial charge >= 0.3 is 0 Å². The molecule has 1 aliphatic carbocycles. The summed E-state index contributed by atoms with van der Waals surface area (Å²) in [6.07, 6.45) is 8.35. The van der Waals surface area contributed by atoms with Crippen LogP contribution in [0.5, 0.6) is 0 Å². The summed E-state index contributed by atoms with van der Waals surface area (Å²) in [5.74, 6) is 1.91. The number of fused-ring (bicyclic) bond motifs is 5. The maximum Gasteiger partial charge on any atom is 0.200 e. The fourth-order valence-electron chi connectivity index (χ4n) is 5.00. The van der Waals surface area contributed by atoms with E-state index in [-0.39, 0.29) is 12.4 Å². The van der Waals surface area contributed by atoms with Crippen molar-refractivity contribution in [3.63, 3.8) is 0 Å². The van der Waals surface area contributed by atoms with Gasteiger partial charge in [-0.2, -0.15) is 0 Å². The number of para-hydroxylation sites is 1. The van der Waals surface area contributed by atoms with E-state index in [4.69, 9.17) is 0 Å². The number of nitrogens with one attached hydrogen (secondary N) is 1. The van der Waals surface area contributed by atoms with Gasteiger partial charge in [-0.1, -0.05) is 31.0 Å². The van der Waals surface area contributed by atoms with Gasteiger partial charge in [0, 0.05) is 29.7 Å². The van der Waals surface area contributed by atoms with Crippen LogP contribution in [0.25, 0.3) is 10.9 Å². The maximum absolute atomic E-state index is 3.73. The van der Waals surface area contributed by atoms with Gasteiger partial charge in [-0.3, -0.25) is 0 Å². The van der Waals surface area contributed by atoms with Gasteiger partial charge in [0.2, 0.25) is 0 Å². The van der Waals surface area contributed by atoms with Crippen molar-refractivity contribution in [1.82, 2.24) is 4.98 Å². The standard InChI is InChI=1S/C19H22N2.ClH/c1-2-6-14-12-21-10-9-16-15-7-3-4-8-17(15)20-19(16)18(21)11-13(14)5-1;/h3-4,7-8,13-14H,1-2,5-6,9-12H2;1H/t13-,14-;/m0./s1. The molecule has 1 aromatic carbocycles. The summed E-state index contributed by atoms with van der Waals surface area (Å²) in [7, 11) is 0. The first-order valence-electron chi connectivity index (χ1n) is 8.61. The Morgan fingerprint density at radius 2 is 1.86 bits per heavy atom. The van der Waals surface area contributed by atoms with Gasteiger partial charge in [-0.25, -0.2) is 4.58 Å². The highest BCUT2D eigenvalue weighted by molar-refractivity contribution is 6.03. The fourth-order valence-corrected chi connectivity index (χ4v) is 5.00. The van der Waals surface area contributed by atoms with E-state index in [0.717, 1.165) is 11.8 Å². The van der Waals surface area contributed by atoms with Crippen LogP contribution >= 0.6 is 0 Å². The summed E-state index contributed by atoms with van der Waals surface area (Å²) < 4.78 is 2.70. The highest BCUT2D eigenvalue weighted by Crippen LogP contribution is 2.38. The minimum atomic E-state index is 0. The van der Waals surface area contributed by atoms with Crippen molar-refractivity contribution in [3.8, 4) is 0 Å². The van der Waals surface area contributed by atoms with Crippen molar-refractivity contribution in [1.29, 1.82) is 0 Å². The normalized spacial score (nSPS) is 26.9. The van der Waals surface area contributed by atoms with Crippen LogP contribution in [0.2, 0.25) is 0 Å². The minimum Gasteiger partial charge on any atom is -1.00 e. The molecular formula is C19H23ClN2. The van der Waals surface area contributed by atoms with Gasteiger partial charge < -0.3 is 17.4 Å². The van der Waals surface area contributed by atoms with Crippen molar-refractivity contribution >= 4 is 16.6 Å². The zero-order chi connectivity index (χ0) is 13.8. The van der Waals surface area contributed by atoms with Crippen molar-refractivity contribution in [2.45, 2.75) is 38.5 Å². The largest absolute Gasteiger partial charge is 1.00 e. The van der Waals surface area contributed by atoms with Gasteiger partial charge in [-0.05, 0) is 30.4 Å². The second-order valence-electron chi connectivity index (χ2n) is 7.18. The molecule has 2 aliphatic heterocycles. The minimum absolute atomic E-state index is 0. The van der Waals surface area contributed by atoms with E-state index >= 15 is 0 Å². The Bertz CT molecular complexity index is 743. The van der Waals surface area contributed by atoms with Crippen LogP contribution in [0.15, 0.2) is 24.3 Å². The zero-order valence-electron chi connectivity index (χ0n) is 12.9. The number of H-pyrrole nitrogens is 1. The van der Waals surface area contributed by atoms with E-state index in [1.807, 2.05) is 0 Å². The molecule has 0 saturated heterocycles. The van der Waals surface area contributed by atoms with Crippen LogP contribution < -0.4 is 12.4 Å². The van der Waals surface area contributed by atoms with E-state index in [1.165, 1.54) is 68.2 Å². The molecule has 0 spiro atoms. The monoisotopic (exact) mass is 314 g/mol. The lowest BCUT2D eigenvalue weighted by Gasteiger charge is -2.35. The summed E-state index contributed by atoms with van der Waals surface area (Å²) in [5, 5.41) is 1.45. The zero-order valence-corrected chi connectivity index (χ0v) is 13.7. The lowest BCUT2D eigenvalue weighted by Crippen LogP contribution is -3.00. The van der Waals surface area contributed by atoms with Crippen LogP contribution in [0.4, 0.5) is 0 Å². The van der Waals surface area contributed by atoms with Crippen molar-refractivity contribution in [2.75, 3.05) is 13.1 Å². The second-order valence-corrected chi connectivity index (χ2v) is 7.18. The summed E-state index contributed by atoms with van der Waals surface area (Å²) in [6, 6.07) is 8.83. The molecule has 0 radical (unpaired) electrons. The maximum atomic E-state index is 3.73. The van der Waals surface area contributed by atoms with Gasteiger partial charge in [-0.15, -0.1) is 0 Å².